The van der Waals surface area contributed by atoms with Gasteiger partial charge in [-0.25, -0.2) is 0 Å². The molecule has 118 valence electrons. The quantitative estimate of drug-likeness (QED) is 0.624. The molecule has 1 aliphatic heterocycles. The van der Waals surface area contributed by atoms with E-state index in [2.05, 4.69) is 4.98 Å². The molecule has 23 heavy (non-hydrogen) atoms. The van der Waals surface area contributed by atoms with E-state index < -0.39 is 4.92 Å². The number of hydrogen-bond acceptors (Lipinski definition) is 5. The number of aromatic nitrogens is 1. The SMILES string of the molecule is O=C1COc2ccc([N+](=O)[O-])nc2N1Cc1c(Cl)cccc1Cl. The van der Waals surface area contributed by atoms with E-state index in [0.29, 0.717) is 21.4 Å². The van der Waals surface area contributed by atoms with Crippen LogP contribution in [0.3, 0.4) is 0 Å². The number of hydrogen-bond donors (Lipinski definition) is 0. The van der Waals surface area contributed by atoms with Crippen molar-refractivity contribution in [3.63, 3.8) is 0 Å². The van der Waals surface area contributed by atoms with E-state index in [1.54, 1.807) is 18.2 Å². The summed E-state index contributed by atoms with van der Waals surface area (Å²) in [7, 11) is 0. The Morgan fingerprint density at radius 1 is 1.26 bits per heavy atom. The Morgan fingerprint density at radius 2 is 1.96 bits per heavy atom. The maximum Gasteiger partial charge on any atom is 0.366 e. The van der Waals surface area contributed by atoms with Crippen molar-refractivity contribution in [1.82, 2.24) is 4.98 Å². The summed E-state index contributed by atoms with van der Waals surface area (Å²) < 4.78 is 5.26. The van der Waals surface area contributed by atoms with Crippen LogP contribution in [0.1, 0.15) is 5.56 Å². The normalized spacial score (nSPS) is 13.5. The number of anilines is 1. The smallest absolute Gasteiger partial charge is 0.366 e. The van der Waals surface area contributed by atoms with Gasteiger partial charge in [0.15, 0.2) is 12.4 Å². The molecule has 1 amide bonds. The van der Waals surface area contributed by atoms with Gasteiger partial charge in [0, 0.05) is 21.7 Å². The monoisotopic (exact) mass is 353 g/mol. The van der Waals surface area contributed by atoms with Crippen molar-refractivity contribution in [3.8, 4) is 5.75 Å². The zero-order valence-corrected chi connectivity index (χ0v) is 13.0. The second-order valence-electron chi connectivity index (χ2n) is 4.72. The number of nitrogens with zero attached hydrogens (tertiary/aromatic N) is 3. The molecule has 0 saturated heterocycles. The van der Waals surface area contributed by atoms with Gasteiger partial charge in [-0.3, -0.25) is 9.69 Å². The highest BCUT2D eigenvalue weighted by Gasteiger charge is 2.33. The number of fused-ring (bicyclic) bond motifs is 1. The molecule has 0 saturated carbocycles. The van der Waals surface area contributed by atoms with Crippen LogP contribution in [-0.4, -0.2) is 22.4 Å². The van der Waals surface area contributed by atoms with Crippen LogP contribution in [-0.2, 0) is 11.3 Å². The van der Waals surface area contributed by atoms with Gasteiger partial charge in [0.1, 0.15) is 0 Å². The Kier molecular flexibility index (Phi) is 4.06. The minimum absolute atomic E-state index is 0.0435. The van der Waals surface area contributed by atoms with Gasteiger partial charge >= 0.3 is 5.82 Å². The van der Waals surface area contributed by atoms with Crippen LogP contribution in [0.5, 0.6) is 5.75 Å². The predicted molar refractivity (Wildman–Crippen MR) is 84.0 cm³/mol. The zero-order chi connectivity index (χ0) is 16.6. The average molecular weight is 354 g/mol. The van der Waals surface area contributed by atoms with E-state index in [9.17, 15) is 14.9 Å². The summed E-state index contributed by atoms with van der Waals surface area (Å²) in [5.74, 6) is -0.399. The molecule has 3 rings (SSSR count). The number of carbonyl (C=O) groups is 1. The van der Waals surface area contributed by atoms with Crippen LogP contribution in [0.4, 0.5) is 11.6 Å². The highest BCUT2D eigenvalue weighted by molar-refractivity contribution is 6.36. The second kappa shape index (κ2) is 6.02. The fraction of sp³-hybridized carbons (Fsp3) is 0.143. The highest BCUT2D eigenvalue weighted by atomic mass is 35.5. The molecule has 1 aromatic carbocycles. The Balaban J connectivity index is 2.04. The molecule has 0 fully saturated rings. The molecule has 9 heteroatoms. The van der Waals surface area contributed by atoms with Crippen LogP contribution in [0.15, 0.2) is 30.3 Å². The molecule has 0 bridgehead atoms. The Hall–Kier alpha value is -2.38. The van der Waals surface area contributed by atoms with Crippen LogP contribution in [0.25, 0.3) is 0 Å². The topological polar surface area (TPSA) is 85.6 Å². The van der Waals surface area contributed by atoms with Gasteiger partial charge in [-0.2, -0.15) is 0 Å². The molecular formula is C14H9Cl2N3O4. The largest absolute Gasteiger partial charge is 0.477 e. The van der Waals surface area contributed by atoms with E-state index in [4.69, 9.17) is 27.9 Å². The standard InChI is InChI=1S/C14H9Cl2N3O4/c15-9-2-1-3-10(16)8(9)6-18-13(20)7-23-11-4-5-12(19(21)22)17-14(11)18/h1-5H,6-7H2. The highest BCUT2D eigenvalue weighted by Crippen LogP contribution is 2.35. The fourth-order valence-electron chi connectivity index (χ4n) is 2.17. The number of benzene rings is 1. The number of carbonyl (C=O) groups excluding carboxylic acids is 1. The molecule has 2 aromatic rings. The molecule has 1 aromatic heterocycles. The summed E-state index contributed by atoms with van der Waals surface area (Å²) in [6, 6.07) is 7.61. The lowest BCUT2D eigenvalue weighted by Crippen LogP contribution is -2.39. The van der Waals surface area contributed by atoms with E-state index in [0.717, 1.165) is 0 Å². The first-order valence-electron chi connectivity index (χ1n) is 6.49. The van der Waals surface area contributed by atoms with Gasteiger partial charge < -0.3 is 14.9 Å². The predicted octanol–water partition coefficient (Wildman–Crippen LogP) is 3.22. The van der Waals surface area contributed by atoms with Crippen LogP contribution < -0.4 is 9.64 Å². The van der Waals surface area contributed by atoms with Gasteiger partial charge in [-0.05, 0) is 28.1 Å². The third-order valence-electron chi connectivity index (χ3n) is 3.30. The van der Waals surface area contributed by atoms with Gasteiger partial charge in [0.05, 0.1) is 6.54 Å². The maximum absolute atomic E-state index is 12.2. The van der Waals surface area contributed by atoms with Crippen molar-refractivity contribution < 1.29 is 14.5 Å². The summed E-state index contributed by atoms with van der Waals surface area (Å²) in [6.45, 7) is -0.142. The Morgan fingerprint density at radius 3 is 2.61 bits per heavy atom. The fourth-order valence-corrected chi connectivity index (χ4v) is 2.69. The van der Waals surface area contributed by atoms with E-state index in [1.807, 2.05) is 0 Å². The van der Waals surface area contributed by atoms with Crippen molar-refractivity contribution in [2.75, 3.05) is 11.5 Å². The van der Waals surface area contributed by atoms with Crippen molar-refractivity contribution in [1.29, 1.82) is 0 Å². The van der Waals surface area contributed by atoms with Crippen molar-refractivity contribution in [3.05, 3.63) is 56.1 Å². The lowest BCUT2D eigenvalue weighted by atomic mass is 10.2. The lowest BCUT2D eigenvalue weighted by Gasteiger charge is -2.26. The molecule has 1 aliphatic rings. The van der Waals surface area contributed by atoms with Crippen molar-refractivity contribution in [2.24, 2.45) is 0 Å². The number of rotatable bonds is 3. The summed E-state index contributed by atoms with van der Waals surface area (Å²) in [4.78, 5) is 27.6. The van der Waals surface area contributed by atoms with Gasteiger partial charge in [0.2, 0.25) is 0 Å². The van der Waals surface area contributed by atoms with Crippen LogP contribution in [0, 0.1) is 10.1 Å². The Bertz CT molecular complexity index is 792. The summed E-state index contributed by atoms with van der Waals surface area (Å²) >= 11 is 12.2. The van der Waals surface area contributed by atoms with Gasteiger partial charge in [-0.1, -0.05) is 29.3 Å². The minimum atomic E-state index is -0.639. The van der Waals surface area contributed by atoms with Gasteiger partial charge in [-0.15, -0.1) is 0 Å². The van der Waals surface area contributed by atoms with Crippen molar-refractivity contribution >= 4 is 40.7 Å². The summed E-state index contributed by atoms with van der Waals surface area (Å²) in [6.07, 6.45) is 0. The third kappa shape index (κ3) is 2.93. The molecule has 0 radical (unpaired) electrons. The first kappa shape index (κ1) is 15.5. The molecular weight excluding hydrogens is 345 g/mol. The molecule has 2 heterocycles. The Labute approximate surface area is 140 Å². The third-order valence-corrected chi connectivity index (χ3v) is 4.01. The van der Waals surface area contributed by atoms with E-state index in [-0.39, 0.29) is 30.7 Å². The molecule has 0 unspecified atom stereocenters. The maximum atomic E-state index is 12.2. The van der Waals surface area contributed by atoms with Crippen LogP contribution in [0.2, 0.25) is 10.0 Å². The number of nitro groups is 1. The molecule has 0 N–H and O–H groups in total. The van der Waals surface area contributed by atoms with E-state index in [1.165, 1.54) is 17.0 Å². The molecule has 0 spiro atoms. The zero-order valence-electron chi connectivity index (χ0n) is 11.5. The van der Waals surface area contributed by atoms with Crippen LogP contribution >= 0.6 is 23.2 Å². The van der Waals surface area contributed by atoms with Gasteiger partial charge in [0.25, 0.3) is 11.7 Å². The summed E-state index contributed by atoms with van der Waals surface area (Å²) in [5.41, 5.74) is 0.533. The molecule has 0 aliphatic carbocycles. The molecule has 0 atom stereocenters. The number of amides is 1. The second-order valence-corrected chi connectivity index (χ2v) is 5.53. The summed E-state index contributed by atoms with van der Waals surface area (Å²) in [5, 5.41) is 11.7. The molecule has 7 nitrogen and oxygen atoms in total. The number of halogens is 2. The number of ether oxygens (including phenoxy) is 1. The lowest BCUT2D eigenvalue weighted by molar-refractivity contribution is -0.389. The first-order chi connectivity index (χ1) is 11.0. The van der Waals surface area contributed by atoms with Crippen molar-refractivity contribution in [2.45, 2.75) is 6.54 Å². The first-order valence-corrected chi connectivity index (χ1v) is 7.24. The average Bonchev–Trinajstić information content (AvgIpc) is 2.52. The van der Waals surface area contributed by atoms with E-state index >= 15 is 0 Å². The minimum Gasteiger partial charge on any atom is -0.477 e. The number of pyridine rings is 1.